The van der Waals surface area contributed by atoms with Gasteiger partial charge in [-0.1, -0.05) is 0 Å². The molecular formula is C12H16N6O. The minimum atomic E-state index is -0.188. The summed E-state index contributed by atoms with van der Waals surface area (Å²) in [6.07, 6.45) is 4.79. The predicted octanol–water partition coefficient (Wildman–Crippen LogP) is 0.572. The first-order valence-electron chi connectivity index (χ1n) is 6.01. The number of hydrogen-bond donors (Lipinski definition) is 2. The van der Waals surface area contributed by atoms with Crippen LogP contribution in [0, 0.1) is 0 Å². The molecule has 2 aromatic heterocycles. The van der Waals surface area contributed by atoms with E-state index >= 15 is 0 Å². The van der Waals surface area contributed by atoms with Gasteiger partial charge in [-0.25, -0.2) is 0 Å². The Balaban J connectivity index is 2.06. The molecule has 100 valence electrons. The molecule has 1 amide bonds. The maximum atomic E-state index is 12.1. The van der Waals surface area contributed by atoms with Crippen molar-refractivity contribution in [2.45, 2.75) is 13.5 Å². The average Bonchev–Trinajstić information content (AvgIpc) is 2.82. The van der Waals surface area contributed by atoms with Gasteiger partial charge < -0.3 is 15.2 Å². The summed E-state index contributed by atoms with van der Waals surface area (Å²) in [7, 11) is 1.83. The summed E-state index contributed by atoms with van der Waals surface area (Å²) in [5.74, 6) is 0.509. The lowest BCUT2D eigenvalue weighted by Gasteiger charge is -2.10. The summed E-state index contributed by atoms with van der Waals surface area (Å²) in [4.78, 5) is 16.1. The third-order valence-corrected chi connectivity index (χ3v) is 2.65. The van der Waals surface area contributed by atoms with Crippen LogP contribution in [0.3, 0.4) is 0 Å². The summed E-state index contributed by atoms with van der Waals surface area (Å²) in [5, 5.41) is 13.6. The van der Waals surface area contributed by atoms with Crippen LogP contribution in [0.15, 0.2) is 24.8 Å². The van der Waals surface area contributed by atoms with Gasteiger partial charge >= 0.3 is 0 Å². The molecule has 0 radical (unpaired) electrons. The number of anilines is 1. The molecule has 0 bridgehead atoms. The van der Waals surface area contributed by atoms with E-state index in [4.69, 9.17) is 0 Å². The molecule has 0 aliphatic heterocycles. The van der Waals surface area contributed by atoms with Crippen LogP contribution in [0.25, 0.3) is 0 Å². The van der Waals surface area contributed by atoms with Crippen molar-refractivity contribution in [1.29, 1.82) is 0 Å². The van der Waals surface area contributed by atoms with E-state index in [1.807, 2.05) is 14.0 Å². The fraction of sp³-hybridized carbons (Fsp3) is 0.333. The Bertz CT molecular complexity index is 565. The highest BCUT2D eigenvalue weighted by molar-refractivity contribution is 5.99. The number of aryl methyl sites for hydroxylation is 1. The van der Waals surface area contributed by atoms with Crippen LogP contribution in [0.5, 0.6) is 0 Å². The van der Waals surface area contributed by atoms with Crippen molar-refractivity contribution in [3.8, 4) is 0 Å². The Kier molecular flexibility index (Phi) is 4.07. The molecule has 0 aliphatic carbocycles. The Morgan fingerprint density at radius 3 is 3.00 bits per heavy atom. The smallest absolute Gasteiger partial charge is 0.255 e. The van der Waals surface area contributed by atoms with Crippen molar-refractivity contribution < 1.29 is 4.79 Å². The largest absolute Gasteiger partial charge is 0.385 e. The highest BCUT2D eigenvalue weighted by Gasteiger charge is 2.11. The highest BCUT2D eigenvalue weighted by atomic mass is 16.1. The standard InChI is InChI=1S/C12H16N6O/c1-3-14-10-4-5-13-6-9(10)12(19)15-7-11-17-16-8-18(11)2/h4-6,8H,3,7H2,1-2H3,(H,13,14)(H,15,19). The number of nitrogens with zero attached hydrogens (tertiary/aromatic N) is 4. The number of carbonyl (C=O) groups excluding carboxylic acids is 1. The molecule has 0 aliphatic rings. The van der Waals surface area contributed by atoms with Gasteiger partial charge in [0.15, 0.2) is 5.82 Å². The summed E-state index contributed by atoms with van der Waals surface area (Å²) < 4.78 is 1.76. The number of pyridine rings is 1. The van der Waals surface area contributed by atoms with Gasteiger partial charge in [0.1, 0.15) is 6.33 Å². The number of rotatable bonds is 5. The molecular weight excluding hydrogens is 244 g/mol. The highest BCUT2D eigenvalue weighted by Crippen LogP contribution is 2.12. The SMILES string of the molecule is CCNc1ccncc1C(=O)NCc1nncn1C. The van der Waals surface area contributed by atoms with Crippen LogP contribution < -0.4 is 10.6 Å². The van der Waals surface area contributed by atoms with Gasteiger partial charge in [0.2, 0.25) is 0 Å². The second-order valence-electron chi connectivity index (χ2n) is 3.99. The zero-order valence-corrected chi connectivity index (χ0v) is 10.9. The Hall–Kier alpha value is -2.44. The van der Waals surface area contributed by atoms with Gasteiger partial charge in [-0.2, -0.15) is 0 Å². The first-order valence-corrected chi connectivity index (χ1v) is 6.01. The summed E-state index contributed by atoms with van der Waals surface area (Å²) >= 11 is 0. The summed E-state index contributed by atoms with van der Waals surface area (Å²) in [5.41, 5.74) is 1.29. The molecule has 0 aromatic carbocycles. The van der Waals surface area contributed by atoms with E-state index in [-0.39, 0.29) is 5.91 Å². The van der Waals surface area contributed by atoms with Crippen LogP contribution in [0.1, 0.15) is 23.1 Å². The zero-order valence-electron chi connectivity index (χ0n) is 10.9. The van der Waals surface area contributed by atoms with Crippen molar-refractivity contribution >= 4 is 11.6 Å². The van der Waals surface area contributed by atoms with E-state index in [2.05, 4.69) is 25.8 Å². The summed E-state index contributed by atoms with van der Waals surface area (Å²) in [6, 6.07) is 1.78. The van der Waals surface area contributed by atoms with Crippen molar-refractivity contribution in [3.63, 3.8) is 0 Å². The van der Waals surface area contributed by atoms with E-state index in [0.717, 1.165) is 12.2 Å². The van der Waals surface area contributed by atoms with Crippen molar-refractivity contribution in [1.82, 2.24) is 25.1 Å². The van der Waals surface area contributed by atoms with Crippen LogP contribution in [0.2, 0.25) is 0 Å². The van der Waals surface area contributed by atoms with Gasteiger partial charge in [-0.15, -0.1) is 10.2 Å². The molecule has 7 nitrogen and oxygen atoms in total. The molecule has 0 atom stereocenters. The molecule has 2 N–H and O–H groups in total. The molecule has 0 unspecified atom stereocenters. The van der Waals surface area contributed by atoms with Crippen molar-refractivity contribution in [2.24, 2.45) is 7.05 Å². The lowest BCUT2D eigenvalue weighted by molar-refractivity contribution is 0.0950. The number of amides is 1. The number of aromatic nitrogens is 4. The predicted molar refractivity (Wildman–Crippen MR) is 70.6 cm³/mol. The maximum absolute atomic E-state index is 12.1. The molecule has 2 aromatic rings. The number of carbonyl (C=O) groups is 1. The lowest BCUT2D eigenvalue weighted by Crippen LogP contribution is -2.25. The normalized spacial score (nSPS) is 10.2. The fourth-order valence-electron chi connectivity index (χ4n) is 1.64. The maximum Gasteiger partial charge on any atom is 0.255 e. The molecule has 0 fully saturated rings. The molecule has 19 heavy (non-hydrogen) atoms. The monoisotopic (exact) mass is 260 g/mol. The van der Waals surface area contributed by atoms with Gasteiger partial charge in [-0.3, -0.25) is 9.78 Å². The third kappa shape index (κ3) is 3.06. The quantitative estimate of drug-likeness (QED) is 0.821. The van der Waals surface area contributed by atoms with Crippen LogP contribution in [-0.2, 0) is 13.6 Å². The first-order chi connectivity index (χ1) is 9.22. The van der Waals surface area contributed by atoms with Crippen molar-refractivity contribution in [2.75, 3.05) is 11.9 Å². The van der Waals surface area contributed by atoms with E-state index in [9.17, 15) is 4.79 Å². The molecule has 2 heterocycles. The van der Waals surface area contributed by atoms with Gasteiger partial charge in [0.05, 0.1) is 17.8 Å². The van der Waals surface area contributed by atoms with E-state index in [0.29, 0.717) is 17.9 Å². The van der Waals surface area contributed by atoms with E-state index in [1.165, 1.54) is 0 Å². The zero-order chi connectivity index (χ0) is 13.7. The first kappa shape index (κ1) is 13.0. The molecule has 7 heteroatoms. The Labute approximate surface area is 111 Å². The minimum Gasteiger partial charge on any atom is -0.385 e. The van der Waals surface area contributed by atoms with Crippen LogP contribution in [-0.4, -0.2) is 32.2 Å². The molecule has 0 saturated carbocycles. The van der Waals surface area contributed by atoms with E-state index in [1.54, 1.807) is 29.4 Å². The molecule has 0 saturated heterocycles. The second kappa shape index (κ2) is 5.94. The topological polar surface area (TPSA) is 84.7 Å². The molecule has 2 rings (SSSR count). The van der Waals surface area contributed by atoms with Crippen LogP contribution in [0.4, 0.5) is 5.69 Å². The van der Waals surface area contributed by atoms with Gasteiger partial charge in [0.25, 0.3) is 5.91 Å². The van der Waals surface area contributed by atoms with Crippen molar-refractivity contribution in [3.05, 3.63) is 36.2 Å². The fourth-order valence-corrected chi connectivity index (χ4v) is 1.64. The minimum absolute atomic E-state index is 0.188. The van der Waals surface area contributed by atoms with Gasteiger partial charge in [-0.05, 0) is 13.0 Å². The lowest BCUT2D eigenvalue weighted by atomic mass is 10.2. The average molecular weight is 260 g/mol. The third-order valence-electron chi connectivity index (χ3n) is 2.65. The Morgan fingerprint density at radius 2 is 2.32 bits per heavy atom. The van der Waals surface area contributed by atoms with E-state index < -0.39 is 0 Å². The number of nitrogens with one attached hydrogen (secondary N) is 2. The Morgan fingerprint density at radius 1 is 1.47 bits per heavy atom. The summed E-state index contributed by atoms with van der Waals surface area (Å²) in [6.45, 7) is 3.05. The second-order valence-corrected chi connectivity index (χ2v) is 3.99. The number of hydrogen-bond acceptors (Lipinski definition) is 5. The van der Waals surface area contributed by atoms with Crippen LogP contribution >= 0.6 is 0 Å². The van der Waals surface area contributed by atoms with Gasteiger partial charge in [0, 0.05) is 26.0 Å². The molecule has 0 spiro atoms.